The SMILES string of the molecule is NC1(CC(=O)N2CCN(C3CC3)CC2)CCC1. The van der Waals surface area contributed by atoms with Crippen molar-refractivity contribution in [2.45, 2.75) is 50.1 Å². The second kappa shape index (κ2) is 4.25. The van der Waals surface area contributed by atoms with E-state index in [4.69, 9.17) is 5.73 Å². The van der Waals surface area contributed by atoms with Gasteiger partial charge in [0.05, 0.1) is 0 Å². The summed E-state index contributed by atoms with van der Waals surface area (Å²) in [5.41, 5.74) is 5.98. The molecule has 3 fully saturated rings. The minimum atomic E-state index is -0.162. The van der Waals surface area contributed by atoms with Crippen molar-refractivity contribution in [2.24, 2.45) is 5.73 Å². The number of piperazine rings is 1. The van der Waals surface area contributed by atoms with E-state index in [9.17, 15) is 4.79 Å². The molecule has 0 spiro atoms. The Morgan fingerprint density at radius 1 is 1.18 bits per heavy atom. The molecule has 17 heavy (non-hydrogen) atoms. The molecular weight excluding hydrogens is 214 g/mol. The number of nitrogens with zero attached hydrogens (tertiary/aromatic N) is 2. The van der Waals surface area contributed by atoms with Crippen LogP contribution in [0.1, 0.15) is 38.5 Å². The van der Waals surface area contributed by atoms with E-state index < -0.39 is 0 Å². The molecule has 96 valence electrons. The molecule has 1 heterocycles. The number of nitrogens with two attached hydrogens (primary N) is 1. The Morgan fingerprint density at radius 3 is 2.29 bits per heavy atom. The first-order valence-corrected chi connectivity index (χ1v) is 6.97. The molecule has 0 aromatic rings. The van der Waals surface area contributed by atoms with Crippen molar-refractivity contribution >= 4 is 5.91 Å². The van der Waals surface area contributed by atoms with Crippen LogP contribution in [0.15, 0.2) is 0 Å². The molecule has 1 amide bonds. The Bertz CT molecular complexity index is 302. The number of amides is 1. The van der Waals surface area contributed by atoms with Crippen LogP contribution in [0.3, 0.4) is 0 Å². The summed E-state index contributed by atoms with van der Waals surface area (Å²) in [6.07, 6.45) is 6.54. The van der Waals surface area contributed by atoms with Crippen LogP contribution in [-0.2, 0) is 4.79 Å². The van der Waals surface area contributed by atoms with E-state index in [1.165, 1.54) is 19.3 Å². The molecule has 3 rings (SSSR count). The smallest absolute Gasteiger partial charge is 0.224 e. The number of rotatable bonds is 3. The molecule has 2 aliphatic carbocycles. The molecule has 2 saturated carbocycles. The fourth-order valence-electron chi connectivity index (χ4n) is 3.00. The van der Waals surface area contributed by atoms with E-state index in [0.29, 0.717) is 6.42 Å². The van der Waals surface area contributed by atoms with Gasteiger partial charge >= 0.3 is 0 Å². The summed E-state index contributed by atoms with van der Waals surface area (Å²) < 4.78 is 0. The molecule has 0 bridgehead atoms. The summed E-state index contributed by atoms with van der Waals surface area (Å²) in [5.74, 6) is 0.280. The Kier molecular flexibility index (Phi) is 2.87. The Balaban J connectivity index is 1.46. The predicted molar refractivity (Wildman–Crippen MR) is 66.6 cm³/mol. The van der Waals surface area contributed by atoms with Crippen molar-refractivity contribution in [3.8, 4) is 0 Å². The minimum Gasteiger partial charge on any atom is -0.340 e. The van der Waals surface area contributed by atoms with Crippen LogP contribution < -0.4 is 5.73 Å². The number of carbonyl (C=O) groups excluding carboxylic acids is 1. The minimum absolute atomic E-state index is 0.162. The average molecular weight is 237 g/mol. The zero-order valence-electron chi connectivity index (χ0n) is 10.5. The number of hydrogen-bond acceptors (Lipinski definition) is 3. The van der Waals surface area contributed by atoms with Gasteiger partial charge in [0.15, 0.2) is 0 Å². The lowest BCUT2D eigenvalue weighted by molar-refractivity contribution is -0.135. The Morgan fingerprint density at radius 2 is 1.82 bits per heavy atom. The maximum Gasteiger partial charge on any atom is 0.224 e. The first-order chi connectivity index (χ1) is 8.16. The van der Waals surface area contributed by atoms with Gasteiger partial charge in [-0.05, 0) is 32.1 Å². The Hall–Kier alpha value is -0.610. The van der Waals surface area contributed by atoms with Crippen LogP contribution >= 0.6 is 0 Å². The summed E-state index contributed by atoms with van der Waals surface area (Å²) in [5, 5.41) is 0. The maximum absolute atomic E-state index is 12.1. The monoisotopic (exact) mass is 237 g/mol. The Labute approximate surface area is 103 Å². The number of hydrogen-bond donors (Lipinski definition) is 1. The van der Waals surface area contributed by atoms with Gasteiger partial charge in [0, 0.05) is 44.2 Å². The van der Waals surface area contributed by atoms with Crippen molar-refractivity contribution < 1.29 is 4.79 Å². The average Bonchev–Trinajstić information content (AvgIpc) is 3.11. The van der Waals surface area contributed by atoms with Crippen LogP contribution in [0.25, 0.3) is 0 Å². The highest BCUT2D eigenvalue weighted by atomic mass is 16.2. The second-order valence-corrected chi connectivity index (χ2v) is 6.04. The fourth-order valence-corrected chi connectivity index (χ4v) is 3.00. The molecule has 0 aromatic carbocycles. The first-order valence-electron chi connectivity index (χ1n) is 6.97. The molecule has 2 N–H and O–H groups in total. The molecule has 1 saturated heterocycles. The lowest BCUT2D eigenvalue weighted by Crippen LogP contribution is -2.54. The van der Waals surface area contributed by atoms with E-state index >= 15 is 0 Å². The van der Waals surface area contributed by atoms with Crippen LogP contribution in [0.4, 0.5) is 0 Å². The van der Waals surface area contributed by atoms with E-state index in [0.717, 1.165) is 45.1 Å². The van der Waals surface area contributed by atoms with E-state index in [1.807, 2.05) is 4.90 Å². The van der Waals surface area contributed by atoms with E-state index in [-0.39, 0.29) is 11.4 Å². The van der Waals surface area contributed by atoms with E-state index in [1.54, 1.807) is 0 Å². The molecule has 4 heteroatoms. The highest BCUT2D eigenvalue weighted by molar-refractivity contribution is 5.77. The van der Waals surface area contributed by atoms with Gasteiger partial charge < -0.3 is 10.6 Å². The van der Waals surface area contributed by atoms with Crippen LogP contribution in [-0.4, -0.2) is 53.5 Å². The van der Waals surface area contributed by atoms with Crippen molar-refractivity contribution in [3.63, 3.8) is 0 Å². The van der Waals surface area contributed by atoms with E-state index in [2.05, 4.69) is 4.90 Å². The second-order valence-electron chi connectivity index (χ2n) is 6.04. The van der Waals surface area contributed by atoms with Crippen molar-refractivity contribution in [1.82, 2.24) is 9.80 Å². The summed E-state index contributed by atoms with van der Waals surface area (Å²) >= 11 is 0. The van der Waals surface area contributed by atoms with Crippen LogP contribution in [0, 0.1) is 0 Å². The van der Waals surface area contributed by atoms with Gasteiger partial charge in [-0.3, -0.25) is 9.69 Å². The van der Waals surface area contributed by atoms with Gasteiger partial charge in [0.25, 0.3) is 0 Å². The highest BCUT2D eigenvalue weighted by Gasteiger charge is 2.37. The maximum atomic E-state index is 12.1. The zero-order valence-corrected chi connectivity index (χ0v) is 10.5. The molecule has 3 aliphatic rings. The van der Waals surface area contributed by atoms with Crippen LogP contribution in [0.5, 0.6) is 0 Å². The predicted octanol–water partition coefficient (Wildman–Crippen LogP) is 0.564. The topological polar surface area (TPSA) is 49.6 Å². The first kappa shape index (κ1) is 11.5. The zero-order chi connectivity index (χ0) is 11.9. The molecular formula is C13H23N3O. The number of carbonyl (C=O) groups is 1. The summed E-state index contributed by atoms with van der Waals surface area (Å²) in [6.45, 7) is 3.94. The molecule has 0 radical (unpaired) electrons. The summed E-state index contributed by atoms with van der Waals surface area (Å²) in [6, 6.07) is 0.833. The molecule has 4 nitrogen and oxygen atoms in total. The van der Waals surface area contributed by atoms with Crippen molar-refractivity contribution in [1.29, 1.82) is 0 Å². The molecule has 0 unspecified atom stereocenters. The van der Waals surface area contributed by atoms with Gasteiger partial charge in [-0.25, -0.2) is 0 Å². The normalized spacial score (nSPS) is 28.9. The molecule has 1 aliphatic heterocycles. The third-order valence-electron chi connectivity index (χ3n) is 4.58. The quantitative estimate of drug-likeness (QED) is 0.780. The highest BCUT2D eigenvalue weighted by Crippen LogP contribution is 2.33. The van der Waals surface area contributed by atoms with Gasteiger partial charge in [-0.2, -0.15) is 0 Å². The third kappa shape index (κ3) is 2.47. The lowest BCUT2D eigenvalue weighted by Gasteiger charge is -2.41. The molecule has 0 atom stereocenters. The largest absolute Gasteiger partial charge is 0.340 e. The summed E-state index contributed by atoms with van der Waals surface area (Å²) in [7, 11) is 0. The fraction of sp³-hybridized carbons (Fsp3) is 0.923. The van der Waals surface area contributed by atoms with Gasteiger partial charge in [-0.15, -0.1) is 0 Å². The van der Waals surface area contributed by atoms with Crippen molar-refractivity contribution in [2.75, 3.05) is 26.2 Å². The summed E-state index contributed by atoms with van der Waals surface area (Å²) in [4.78, 5) is 16.7. The standard InChI is InChI=1S/C13H23N3O/c14-13(4-1-5-13)10-12(17)16-8-6-15(7-9-16)11-2-3-11/h11H,1-10,14H2. The van der Waals surface area contributed by atoms with Crippen LogP contribution in [0.2, 0.25) is 0 Å². The van der Waals surface area contributed by atoms with Gasteiger partial charge in [0.1, 0.15) is 0 Å². The van der Waals surface area contributed by atoms with Crippen molar-refractivity contribution in [3.05, 3.63) is 0 Å². The lowest BCUT2D eigenvalue weighted by atomic mass is 9.75. The molecule has 0 aromatic heterocycles. The van der Waals surface area contributed by atoms with Gasteiger partial charge in [0.2, 0.25) is 5.91 Å². The third-order valence-corrected chi connectivity index (χ3v) is 4.58. The van der Waals surface area contributed by atoms with Gasteiger partial charge in [-0.1, -0.05) is 0 Å².